The molecule has 0 unspecified atom stereocenters. The maximum absolute atomic E-state index is 12.0. The quantitative estimate of drug-likeness (QED) is 0.429. The van der Waals surface area contributed by atoms with Gasteiger partial charge in [0.15, 0.2) is 11.5 Å². The van der Waals surface area contributed by atoms with Crippen LogP contribution >= 0.6 is 0 Å². The van der Waals surface area contributed by atoms with Crippen LogP contribution in [0.5, 0.6) is 11.5 Å². The molecule has 0 aromatic heterocycles. The number of hydrogen-bond donors (Lipinski definition) is 1. The van der Waals surface area contributed by atoms with Gasteiger partial charge in [0, 0.05) is 20.3 Å². The normalized spacial score (nSPS) is 10.8. The Morgan fingerprint density at radius 2 is 2.13 bits per heavy atom. The molecule has 124 valence electrons. The van der Waals surface area contributed by atoms with Crippen molar-refractivity contribution < 1.29 is 19.0 Å². The molecule has 6 nitrogen and oxygen atoms in total. The number of benzene rings is 1. The SMILES string of the molecule is CCOc1ccc(/C=C(\C#N)C(=O)NCCCOC)cc1OC. The molecule has 0 saturated carbocycles. The summed E-state index contributed by atoms with van der Waals surface area (Å²) in [5.74, 6) is 0.768. The van der Waals surface area contributed by atoms with Crippen molar-refractivity contribution in [3.8, 4) is 17.6 Å². The molecule has 0 atom stereocenters. The molecular weight excluding hydrogens is 296 g/mol. The number of rotatable bonds is 9. The van der Waals surface area contributed by atoms with Gasteiger partial charge in [0.25, 0.3) is 5.91 Å². The number of carbonyl (C=O) groups is 1. The highest BCUT2D eigenvalue weighted by molar-refractivity contribution is 6.01. The molecule has 0 fully saturated rings. The summed E-state index contributed by atoms with van der Waals surface area (Å²) in [6.45, 7) is 3.42. The predicted molar refractivity (Wildman–Crippen MR) is 87.3 cm³/mol. The summed E-state index contributed by atoms with van der Waals surface area (Å²) in [6, 6.07) is 7.15. The van der Waals surface area contributed by atoms with Crippen molar-refractivity contribution in [2.75, 3.05) is 34.0 Å². The molecule has 0 bridgehead atoms. The zero-order valence-electron chi connectivity index (χ0n) is 13.7. The summed E-state index contributed by atoms with van der Waals surface area (Å²) in [5.41, 5.74) is 0.725. The standard InChI is InChI=1S/C17H22N2O4/c1-4-23-15-7-6-13(11-16(15)22-3)10-14(12-18)17(20)19-8-5-9-21-2/h6-7,10-11H,4-5,8-9H2,1-3H3,(H,19,20)/b14-10+. The second-order valence-corrected chi connectivity index (χ2v) is 4.62. The molecule has 6 heteroatoms. The zero-order valence-corrected chi connectivity index (χ0v) is 13.7. The van der Waals surface area contributed by atoms with Crippen LogP contribution in [0.2, 0.25) is 0 Å². The number of nitriles is 1. The highest BCUT2D eigenvalue weighted by Crippen LogP contribution is 2.28. The van der Waals surface area contributed by atoms with Gasteiger partial charge in [-0.3, -0.25) is 4.79 Å². The van der Waals surface area contributed by atoms with Crippen molar-refractivity contribution in [1.29, 1.82) is 5.26 Å². The van der Waals surface area contributed by atoms with Crippen molar-refractivity contribution in [2.45, 2.75) is 13.3 Å². The molecule has 1 aromatic carbocycles. The van der Waals surface area contributed by atoms with E-state index in [1.54, 1.807) is 32.4 Å². The Kier molecular flexibility index (Phi) is 8.25. The molecule has 0 saturated heterocycles. The van der Waals surface area contributed by atoms with Crippen LogP contribution in [0.25, 0.3) is 6.08 Å². The Morgan fingerprint density at radius 1 is 1.35 bits per heavy atom. The van der Waals surface area contributed by atoms with Crippen LogP contribution < -0.4 is 14.8 Å². The van der Waals surface area contributed by atoms with Gasteiger partial charge in [-0.15, -0.1) is 0 Å². The summed E-state index contributed by atoms with van der Waals surface area (Å²) in [4.78, 5) is 12.0. The zero-order chi connectivity index (χ0) is 17.1. The van der Waals surface area contributed by atoms with E-state index in [4.69, 9.17) is 19.5 Å². The molecule has 0 aliphatic heterocycles. The van der Waals surface area contributed by atoms with Crippen molar-refractivity contribution >= 4 is 12.0 Å². The number of carbonyl (C=O) groups excluding carboxylic acids is 1. The third-order valence-electron chi connectivity index (χ3n) is 2.97. The minimum Gasteiger partial charge on any atom is -0.493 e. The topological polar surface area (TPSA) is 80.6 Å². The molecule has 1 amide bonds. The Morgan fingerprint density at radius 3 is 2.74 bits per heavy atom. The number of nitrogens with zero attached hydrogens (tertiary/aromatic N) is 1. The van der Waals surface area contributed by atoms with Gasteiger partial charge in [0.2, 0.25) is 0 Å². The molecule has 0 spiro atoms. The third-order valence-corrected chi connectivity index (χ3v) is 2.97. The first-order valence-electron chi connectivity index (χ1n) is 7.36. The summed E-state index contributed by atoms with van der Waals surface area (Å²) < 4.78 is 15.6. The largest absolute Gasteiger partial charge is 0.493 e. The summed E-state index contributed by atoms with van der Waals surface area (Å²) in [7, 11) is 3.14. The maximum atomic E-state index is 12.0. The van der Waals surface area contributed by atoms with E-state index in [2.05, 4.69) is 5.32 Å². The second kappa shape index (κ2) is 10.2. The van der Waals surface area contributed by atoms with Gasteiger partial charge >= 0.3 is 0 Å². The van der Waals surface area contributed by atoms with Gasteiger partial charge in [0.05, 0.1) is 13.7 Å². The fourth-order valence-corrected chi connectivity index (χ4v) is 1.88. The van der Waals surface area contributed by atoms with Gasteiger partial charge in [0.1, 0.15) is 11.6 Å². The van der Waals surface area contributed by atoms with E-state index < -0.39 is 5.91 Å². The van der Waals surface area contributed by atoms with Crippen LogP contribution in [0, 0.1) is 11.3 Å². The molecule has 0 heterocycles. The fourth-order valence-electron chi connectivity index (χ4n) is 1.88. The molecule has 1 N–H and O–H groups in total. The van der Waals surface area contributed by atoms with E-state index in [1.807, 2.05) is 13.0 Å². The first-order valence-corrected chi connectivity index (χ1v) is 7.36. The van der Waals surface area contributed by atoms with Crippen LogP contribution in [-0.2, 0) is 9.53 Å². The molecule has 23 heavy (non-hydrogen) atoms. The summed E-state index contributed by atoms with van der Waals surface area (Å²) >= 11 is 0. The van der Waals surface area contributed by atoms with E-state index >= 15 is 0 Å². The van der Waals surface area contributed by atoms with Crippen LogP contribution in [0.1, 0.15) is 18.9 Å². The monoisotopic (exact) mass is 318 g/mol. The molecule has 0 radical (unpaired) electrons. The molecule has 0 aliphatic rings. The Hall–Kier alpha value is -2.52. The van der Waals surface area contributed by atoms with Gasteiger partial charge in [-0.25, -0.2) is 0 Å². The minimum absolute atomic E-state index is 0.0358. The molecule has 0 aliphatic carbocycles. The van der Waals surface area contributed by atoms with E-state index in [-0.39, 0.29) is 5.57 Å². The van der Waals surface area contributed by atoms with Crippen LogP contribution in [0.15, 0.2) is 23.8 Å². The van der Waals surface area contributed by atoms with E-state index in [0.29, 0.717) is 43.2 Å². The third kappa shape index (κ3) is 6.01. The summed E-state index contributed by atoms with van der Waals surface area (Å²) in [6.07, 6.45) is 2.21. The number of nitrogens with one attached hydrogen (secondary N) is 1. The van der Waals surface area contributed by atoms with Gasteiger partial charge in [-0.1, -0.05) is 6.07 Å². The lowest BCUT2D eigenvalue weighted by Gasteiger charge is -2.10. The Balaban J connectivity index is 2.85. The van der Waals surface area contributed by atoms with Crippen molar-refractivity contribution in [3.63, 3.8) is 0 Å². The highest BCUT2D eigenvalue weighted by Gasteiger charge is 2.10. The van der Waals surface area contributed by atoms with E-state index in [9.17, 15) is 4.79 Å². The lowest BCUT2D eigenvalue weighted by Crippen LogP contribution is -2.26. The lowest BCUT2D eigenvalue weighted by atomic mass is 10.1. The Bertz CT molecular complexity index is 591. The van der Waals surface area contributed by atoms with Gasteiger partial charge in [-0.2, -0.15) is 5.26 Å². The average molecular weight is 318 g/mol. The minimum atomic E-state index is -0.406. The summed E-state index contributed by atoms with van der Waals surface area (Å²) in [5, 5.41) is 11.8. The number of hydrogen-bond acceptors (Lipinski definition) is 5. The van der Waals surface area contributed by atoms with Gasteiger partial charge in [-0.05, 0) is 37.1 Å². The van der Waals surface area contributed by atoms with Crippen molar-refractivity contribution in [2.24, 2.45) is 0 Å². The average Bonchev–Trinajstić information content (AvgIpc) is 2.57. The molecule has 1 rings (SSSR count). The fraction of sp³-hybridized carbons (Fsp3) is 0.412. The predicted octanol–water partition coefficient (Wildman–Crippen LogP) is 2.15. The van der Waals surface area contributed by atoms with E-state index in [1.165, 1.54) is 6.08 Å². The smallest absolute Gasteiger partial charge is 0.261 e. The van der Waals surface area contributed by atoms with E-state index in [0.717, 1.165) is 0 Å². The second-order valence-electron chi connectivity index (χ2n) is 4.62. The molecular formula is C17H22N2O4. The first kappa shape index (κ1) is 18.5. The van der Waals surface area contributed by atoms with Crippen molar-refractivity contribution in [3.05, 3.63) is 29.3 Å². The number of amides is 1. The Labute approximate surface area is 136 Å². The van der Waals surface area contributed by atoms with Gasteiger partial charge < -0.3 is 19.5 Å². The van der Waals surface area contributed by atoms with Crippen LogP contribution in [0.3, 0.4) is 0 Å². The highest BCUT2D eigenvalue weighted by atomic mass is 16.5. The number of ether oxygens (including phenoxy) is 3. The van der Waals surface area contributed by atoms with Crippen molar-refractivity contribution in [1.82, 2.24) is 5.32 Å². The van der Waals surface area contributed by atoms with Crippen LogP contribution in [-0.4, -0.2) is 39.9 Å². The van der Waals surface area contributed by atoms with Crippen LogP contribution in [0.4, 0.5) is 0 Å². The maximum Gasteiger partial charge on any atom is 0.261 e. The number of methoxy groups -OCH3 is 2. The first-order chi connectivity index (χ1) is 11.2. The lowest BCUT2D eigenvalue weighted by molar-refractivity contribution is -0.117. The molecule has 1 aromatic rings.